The first kappa shape index (κ1) is 11.8. The van der Waals surface area contributed by atoms with Crippen molar-refractivity contribution < 1.29 is 4.74 Å². The Morgan fingerprint density at radius 3 is 3.07 bits per heavy atom. The minimum atomic E-state index is 0.553. The van der Waals surface area contributed by atoms with E-state index in [1.165, 1.54) is 0 Å². The van der Waals surface area contributed by atoms with Gasteiger partial charge in [0.05, 0.1) is 18.9 Å². The van der Waals surface area contributed by atoms with Crippen LogP contribution in [0.3, 0.4) is 0 Å². The van der Waals surface area contributed by atoms with Crippen LogP contribution < -0.4 is 5.32 Å². The number of nitrogens with one attached hydrogen (secondary N) is 1. The van der Waals surface area contributed by atoms with Crippen molar-refractivity contribution in [2.75, 3.05) is 31.0 Å². The van der Waals surface area contributed by atoms with Gasteiger partial charge in [0.2, 0.25) is 0 Å². The maximum Gasteiger partial charge on any atom is 0.182 e. The van der Waals surface area contributed by atoms with E-state index in [1.807, 2.05) is 0 Å². The summed E-state index contributed by atoms with van der Waals surface area (Å²) in [7, 11) is 0. The highest BCUT2D eigenvalue weighted by Crippen LogP contribution is 2.14. The van der Waals surface area contributed by atoms with Crippen molar-refractivity contribution in [1.29, 1.82) is 0 Å². The lowest BCUT2D eigenvalue weighted by atomic mass is 10.4. The first-order valence-electron chi connectivity index (χ1n) is 4.68. The Morgan fingerprint density at radius 2 is 2.43 bits per heavy atom. The van der Waals surface area contributed by atoms with Crippen LogP contribution in [-0.4, -0.2) is 30.6 Å². The van der Waals surface area contributed by atoms with Crippen LogP contribution in [0.4, 0.5) is 5.13 Å². The summed E-state index contributed by atoms with van der Waals surface area (Å²) in [5.74, 6) is 0.553. The van der Waals surface area contributed by atoms with Gasteiger partial charge in [0, 0.05) is 17.8 Å². The summed E-state index contributed by atoms with van der Waals surface area (Å²) in [5.41, 5.74) is 1.14. The molecule has 0 aliphatic heterocycles. The molecule has 0 atom stereocenters. The Kier molecular flexibility index (Phi) is 5.91. The Morgan fingerprint density at radius 1 is 1.57 bits per heavy atom. The van der Waals surface area contributed by atoms with E-state index in [4.69, 9.17) is 16.3 Å². The second-order valence-corrected chi connectivity index (χ2v) is 3.96. The minimum Gasteiger partial charge on any atom is -0.378 e. The van der Waals surface area contributed by atoms with Crippen molar-refractivity contribution in [3.05, 3.63) is 11.1 Å². The summed E-state index contributed by atoms with van der Waals surface area (Å²) in [5, 5.41) is 6.24. The molecule has 0 radical (unpaired) electrons. The van der Waals surface area contributed by atoms with Gasteiger partial charge in [-0.3, -0.25) is 0 Å². The molecule has 1 aromatic rings. The third-order valence-electron chi connectivity index (χ3n) is 1.66. The molecule has 14 heavy (non-hydrogen) atoms. The summed E-state index contributed by atoms with van der Waals surface area (Å²) in [4.78, 5) is 4.37. The molecule has 80 valence electrons. The molecule has 0 fully saturated rings. The Balaban J connectivity index is 2.12. The molecule has 0 amide bonds. The number of anilines is 1. The monoisotopic (exact) mass is 234 g/mol. The molecule has 1 rings (SSSR count). The van der Waals surface area contributed by atoms with Crippen LogP contribution in [0.1, 0.15) is 12.6 Å². The van der Waals surface area contributed by atoms with Crippen LogP contribution >= 0.6 is 22.9 Å². The van der Waals surface area contributed by atoms with Gasteiger partial charge in [-0.05, 0) is 6.42 Å². The highest BCUT2D eigenvalue weighted by molar-refractivity contribution is 7.13. The minimum absolute atomic E-state index is 0.553. The molecular formula is C9H15ClN2OS. The standard InChI is InChI=1S/C9H15ClN2OS/c1-2-8-7-14-9(12-8)11-4-6-13-5-3-10/h7H,2-6H2,1H3,(H,11,12). The lowest BCUT2D eigenvalue weighted by molar-refractivity contribution is 0.160. The number of alkyl halides is 1. The Labute approximate surface area is 93.4 Å². The summed E-state index contributed by atoms with van der Waals surface area (Å²) in [6.07, 6.45) is 0.987. The summed E-state index contributed by atoms with van der Waals surface area (Å²) in [6.45, 7) is 4.17. The van der Waals surface area contributed by atoms with Crippen molar-refractivity contribution in [2.45, 2.75) is 13.3 Å². The van der Waals surface area contributed by atoms with Crippen molar-refractivity contribution in [1.82, 2.24) is 4.98 Å². The van der Waals surface area contributed by atoms with E-state index in [0.717, 1.165) is 23.8 Å². The van der Waals surface area contributed by atoms with Gasteiger partial charge in [-0.25, -0.2) is 4.98 Å². The molecule has 0 bridgehead atoms. The summed E-state index contributed by atoms with van der Waals surface area (Å²) >= 11 is 7.10. The maximum absolute atomic E-state index is 5.46. The molecule has 0 aromatic carbocycles. The van der Waals surface area contributed by atoms with E-state index in [1.54, 1.807) is 11.3 Å². The zero-order chi connectivity index (χ0) is 10.2. The van der Waals surface area contributed by atoms with Crippen molar-refractivity contribution >= 4 is 28.1 Å². The van der Waals surface area contributed by atoms with E-state index in [9.17, 15) is 0 Å². The topological polar surface area (TPSA) is 34.1 Å². The predicted molar refractivity (Wildman–Crippen MR) is 61.5 cm³/mol. The number of thiazole rings is 1. The SMILES string of the molecule is CCc1csc(NCCOCCCl)n1. The normalized spacial score (nSPS) is 10.4. The van der Waals surface area contributed by atoms with E-state index < -0.39 is 0 Å². The molecule has 3 nitrogen and oxygen atoms in total. The van der Waals surface area contributed by atoms with Crippen molar-refractivity contribution in [3.63, 3.8) is 0 Å². The third kappa shape index (κ3) is 4.26. The number of nitrogens with zero attached hydrogens (tertiary/aromatic N) is 1. The number of halogens is 1. The van der Waals surface area contributed by atoms with Crippen LogP contribution in [0.5, 0.6) is 0 Å². The maximum atomic E-state index is 5.46. The lowest BCUT2D eigenvalue weighted by Gasteiger charge is -2.02. The van der Waals surface area contributed by atoms with Gasteiger partial charge in [0.15, 0.2) is 5.13 Å². The Hall–Kier alpha value is -0.320. The van der Waals surface area contributed by atoms with Crippen LogP contribution in [0.15, 0.2) is 5.38 Å². The number of rotatable bonds is 7. The molecule has 1 N–H and O–H groups in total. The number of aryl methyl sites for hydroxylation is 1. The molecule has 0 aliphatic rings. The van der Waals surface area contributed by atoms with Crippen molar-refractivity contribution in [3.8, 4) is 0 Å². The quantitative estimate of drug-likeness (QED) is 0.581. The molecule has 0 saturated carbocycles. The van der Waals surface area contributed by atoms with Gasteiger partial charge in [-0.2, -0.15) is 0 Å². The molecule has 1 heterocycles. The van der Waals surface area contributed by atoms with Crippen LogP contribution in [0.2, 0.25) is 0 Å². The smallest absolute Gasteiger partial charge is 0.182 e. The molecule has 1 aromatic heterocycles. The largest absolute Gasteiger partial charge is 0.378 e. The second-order valence-electron chi connectivity index (χ2n) is 2.73. The van der Waals surface area contributed by atoms with Gasteiger partial charge < -0.3 is 10.1 Å². The first-order valence-corrected chi connectivity index (χ1v) is 6.10. The predicted octanol–water partition coefficient (Wildman–Crippen LogP) is 2.37. The third-order valence-corrected chi connectivity index (χ3v) is 2.66. The van der Waals surface area contributed by atoms with E-state index in [-0.39, 0.29) is 0 Å². The molecule has 5 heteroatoms. The second kappa shape index (κ2) is 7.04. The average Bonchev–Trinajstić information content (AvgIpc) is 2.65. The molecule has 0 spiro atoms. The highest BCUT2D eigenvalue weighted by Gasteiger charge is 1.98. The molecule has 0 aliphatic carbocycles. The number of aromatic nitrogens is 1. The van der Waals surface area contributed by atoms with Gasteiger partial charge >= 0.3 is 0 Å². The van der Waals surface area contributed by atoms with Gasteiger partial charge in [0.25, 0.3) is 0 Å². The van der Waals surface area contributed by atoms with E-state index in [2.05, 4.69) is 22.6 Å². The fourth-order valence-electron chi connectivity index (χ4n) is 0.937. The summed E-state index contributed by atoms with van der Waals surface area (Å²) in [6, 6.07) is 0. The van der Waals surface area contributed by atoms with Crippen molar-refractivity contribution in [2.24, 2.45) is 0 Å². The van der Waals surface area contributed by atoms with Crippen LogP contribution in [0.25, 0.3) is 0 Å². The van der Waals surface area contributed by atoms with Gasteiger partial charge in [-0.1, -0.05) is 6.92 Å². The fourth-order valence-corrected chi connectivity index (χ4v) is 1.87. The molecule has 0 saturated heterocycles. The Bertz CT molecular complexity index is 255. The van der Waals surface area contributed by atoms with E-state index in [0.29, 0.717) is 19.1 Å². The zero-order valence-electron chi connectivity index (χ0n) is 8.25. The summed E-state index contributed by atoms with van der Waals surface area (Å²) < 4.78 is 5.22. The van der Waals surface area contributed by atoms with Crippen LogP contribution in [-0.2, 0) is 11.2 Å². The van der Waals surface area contributed by atoms with Crippen LogP contribution in [0, 0.1) is 0 Å². The molecule has 0 unspecified atom stereocenters. The fraction of sp³-hybridized carbons (Fsp3) is 0.667. The average molecular weight is 235 g/mol. The van der Waals surface area contributed by atoms with E-state index >= 15 is 0 Å². The number of hydrogen-bond donors (Lipinski definition) is 1. The molecular weight excluding hydrogens is 220 g/mol. The van der Waals surface area contributed by atoms with Gasteiger partial charge in [0.1, 0.15) is 0 Å². The zero-order valence-corrected chi connectivity index (χ0v) is 9.83. The lowest BCUT2D eigenvalue weighted by Crippen LogP contribution is -2.10. The highest BCUT2D eigenvalue weighted by atomic mass is 35.5. The van der Waals surface area contributed by atoms with Gasteiger partial charge in [-0.15, -0.1) is 22.9 Å². The number of hydrogen-bond acceptors (Lipinski definition) is 4. The number of ether oxygens (including phenoxy) is 1. The first-order chi connectivity index (χ1) is 6.86.